The molecular formula is C16H14ClNOS. The van der Waals surface area contributed by atoms with Crippen LogP contribution in [0.2, 0.25) is 5.02 Å². The lowest BCUT2D eigenvalue weighted by atomic mass is 10.1. The molecule has 1 unspecified atom stereocenters. The molecule has 4 heteroatoms. The van der Waals surface area contributed by atoms with E-state index < -0.39 is 0 Å². The Bertz CT molecular complexity index is 708. The number of hydrogen-bond donors (Lipinski definition) is 2. The molecule has 0 aliphatic carbocycles. The van der Waals surface area contributed by atoms with Gasteiger partial charge in [-0.3, -0.25) is 0 Å². The van der Waals surface area contributed by atoms with Gasteiger partial charge in [-0.15, -0.1) is 11.3 Å². The number of aliphatic hydroxyl groups excluding tert-OH is 1. The highest BCUT2D eigenvalue weighted by molar-refractivity contribution is 7.17. The number of halogens is 1. The summed E-state index contributed by atoms with van der Waals surface area (Å²) in [6, 6.07) is 15.6. The lowest BCUT2D eigenvalue weighted by Gasteiger charge is -2.17. The van der Waals surface area contributed by atoms with Crippen LogP contribution in [0.5, 0.6) is 0 Å². The van der Waals surface area contributed by atoms with Gasteiger partial charge in [0.05, 0.1) is 12.6 Å². The SMILES string of the molecule is OCC(Nc1ccc(Cl)cc1)c1csc2ccccc12. The van der Waals surface area contributed by atoms with Crippen molar-refractivity contribution < 1.29 is 5.11 Å². The molecule has 0 spiro atoms. The first-order valence-electron chi connectivity index (χ1n) is 6.37. The van der Waals surface area contributed by atoms with E-state index in [1.54, 1.807) is 11.3 Å². The van der Waals surface area contributed by atoms with Gasteiger partial charge in [0.25, 0.3) is 0 Å². The number of fused-ring (bicyclic) bond motifs is 1. The zero-order valence-corrected chi connectivity index (χ0v) is 12.3. The van der Waals surface area contributed by atoms with Crippen LogP contribution in [0.1, 0.15) is 11.6 Å². The van der Waals surface area contributed by atoms with Crippen molar-refractivity contribution in [3.63, 3.8) is 0 Å². The van der Waals surface area contributed by atoms with Gasteiger partial charge >= 0.3 is 0 Å². The van der Waals surface area contributed by atoms with Crippen LogP contribution in [0.25, 0.3) is 10.1 Å². The number of thiophene rings is 1. The lowest BCUT2D eigenvalue weighted by Crippen LogP contribution is -2.14. The molecular weight excluding hydrogens is 290 g/mol. The van der Waals surface area contributed by atoms with Crippen molar-refractivity contribution in [3.05, 3.63) is 64.5 Å². The molecule has 0 radical (unpaired) electrons. The van der Waals surface area contributed by atoms with Gasteiger partial charge in [0.1, 0.15) is 0 Å². The van der Waals surface area contributed by atoms with Crippen molar-refractivity contribution in [1.29, 1.82) is 0 Å². The van der Waals surface area contributed by atoms with E-state index in [4.69, 9.17) is 11.6 Å². The topological polar surface area (TPSA) is 32.3 Å². The molecule has 3 aromatic rings. The van der Waals surface area contributed by atoms with Gasteiger partial charge in [0, 0.05) is 15.4 Å². The number of anilines is 1. The largest absolute Gasteiger partial charge is 0.394 e. The smallest absolute Gasteiger partial charge is 0.0759 e. The third-order valence-corrected chi connectivity index (χ3v) is 4.49. The van der Waals surface area contributed by atoms with E-state index in [2.05, 4.69) is 22.8 Å². The van der Waals surface area contributed by atoms with Crippen LogP contribution >= 0.6 is 22.9 Å². The van der Waals surface area contributed by atoms with Crippen LogP contribution in [0.15, 0.2) is 53.9 Å². The maximum absolute atomic E-state index is 9.69. The third kappa shape index (κ3) is 2.66. The molecule has 0 bridgehead atoms. The standard InChI is InChI=1S/C16H14ClNOS/c17-11-5-7-12(8-6-11)18-15(9-19)14-10-20-16-4-2-1-3-13(14)16/h1-8,10,15,18-19H,9H2. The van der Waals surface area contributed by atoms with Crippen LogP contribution in [-0.2, 0) is 0 Å². The average Bonchev–Trinajstić information content (AvgIpc) is 2.91. The van der Waals surface area contributed by atoms with Gasteiger partial charge < -0.3 is 10.4 Å². The average molecular weight is 304 g/mol. The van der Waals surface area contributed by atoms with Crippen molar-refractivity contribution >= 4 is 38.7 Å². The zero-order chi connectivity index (χ0) is 13.9. The number of aliphatic hydroxyl groups is 1. The monoisotopic (exact) mass is 303 g/mol. The molecule has 2 aromatic carbocycles. The summed E-state index contributed by atoms with van der Waals surface area (Å²) in [6.07, 6.45) is 0. The molecule has 0 aliphatic rings. The predicted molar refractivity (Wildman–Crippen MR) is 86.7 cm³/mol. The van der Waals surface area contributed by atoms with Crippen LogP contribution in [-0.4, -0.2) is 11.7 Å². The van der Waals surface area contributed by atoms with E-state index in [1.165, 1.54) is 10.1 Å². The summed E-state index contributed by atoms with van der Waals surface area (Å²) in [5, 5.41) is 17.0. The Labute approximate surface area is 126 Å². The predicted octanol–water partition coefficient (Wildman–Crippen LogP) is 4.70. The fourth-order valence-corrected chi connectivity index (χ4v) is 3.38. The van der Waals surface area contributed by atoms with Gasteiger partial charge in [-0.25, -0.2) is 0 Å². The number of nitrogens with one attached hydrogen (secondary N) is 1. The Morgan fingerprint density at radius 1 is 1.10 bits per heavy atom. The number of rotatable bonds is 4. The number of hydrogen-bond acceptors (Lipinski definition) is 3. The second-order valence-corrected chi connectivity index (χ2v) is 5.92. The first kappa shape index (κ1) is 13.4. The summed E-state index contributed by atoms with van der Waals surface area (Å²) in [5.41, 5.74) is 2.08. The summed E-state index contributed by atoms with van der Waals surface area (Å²) < 4.78 is 1.24. The summed E-state index contributed by atoms with van der Waals surface area (Å²) in [5.74, 6) is 0. The summed E-state index contributed by atoms with van der Waals surface area (Å²) in [4.78, 5) is 0. The molecule has 0 amide bonds. The van der Waals surface area contributed by atoms with Gasteiger partial charge in [-0.2, -0.15) is 0 Å². The fourth-order valence-electron chi connectivity index (χ4n) is 2.24. The molecule has 1 heterocycles. The van der Waals surface area contributed by atoms with Crippen LogP contribution in [0.3, 0.4) is 0 Å². The summed E-state index contributed by atoms with van der Waals surface area (Å²) in [6.45, 7) is 0.0450. The summed E-state index contributed by atoms with van der Waals surface area (Å²) in [7, 11) is 0. The van der Waals surface area contributed by atoms with E-state index in [9.17, 15) is 5.11 Å². The van der Waals surface area contributed by atoms with Gasteiger partial charge in [0.2, 0.25) is 0 Å². The van der Waals surface area contributed by atoms with E-state index in [1.807, 2.05) is 36.4 Å². The molecule has 0 saturated heterocycles. The van der Waals surface area contributed by atoms with Gasteiger partial charge in [-0.1, -0.05) is 29.8 Å². The minimum atomic E-state index is -0.118. The molecule has 20 heavy (non-hydrogen) atoms. The Morgan fingerprint density at radius 3 is 2.60 bits per heavy atom. The molecule has 3 rings (SSSR count). The summed E-state index contributed by atoms with van der Waals surface area (Å²) >= 11 is 7.58. The zero-order valence-electron chi connectivity index (χ0n) is 10.7. The van der Waals surface area contributed by atoms with Crippen LogP contribution in [0.4, 0.5) is 5.69 Å². The second kappa shape index (κ2) is 5.83. The van der Waals surface area contributed by atoms with E-state index in [0.29, 0.717) is 5.02 Å². The highest BCUT2D eigenvalue weighted by Crippen LogP contribution is 2.32. The molecule has 2 N–H and O–H groups in total. The maximum atomic E-state index is 9.69. The third-order valence-electron chi connectivity index (χ3n) is 3.25. The first-order valence-corrected chi connectivity index (χ1v) is 7.63. The van der Waals surface area contributed by atoms with Crippen LogP contribution in [0, 0.1) is 0 Å². The molecule has 102 valence electrons. The van der Waals surface area contributed by atoms with E-state index >= 15 is 0 Å². The van der Waals surface area contributed by atoms with Crippen molar-refractivity contribution in [1.82, 2.24) is 0 Å². The Balaban J connectivity index is 1.91. The molecule has 1 atom stereocenters. The number of benzene rings is 2. The van der Waals surface area contributed by atoms with E-state index in [0.717, 1.165) is 11.3 Å². The van der Waals surface area contributed by atoms with Gasteiger partial charge in [-0.05, 0) is 46.7 Å². The Morgan fingerprint density at radius 2 is 1.85 bits per heavy atom. The lowest BCUT2D eigenvalue weighted by molar-refractivity contribution is 0.277. The van der Waals surface area contributed by atoms with Crippen molar-refractivity contribution in [2.45, 2.75) is 6.04 Å². The molecule has 1 aromatic heterocycles. The van der Waals surface area contributed by atoms with Crippen molar-refractivity contribution in [2.24, 2.45) is 0 Å². The van der Waals surface area contributed by atoms with Crippen LogP contribution < -0.4 is 5.32 Å². The Kier molecular flexibility index (Phi) is 3.92. The van der Waals surface area contributed by atoms with Crippen molar-refractivity contribution in [3.8, 4) is 0 Å². The minimum absolute atomic E-state index is 0.0450. The molecule has 0 saturated carbocycles. The quantitative estimate of drug-likeness (QED) is 0.732. The normalized spacial score (nSPS) is 12.5. The second-order valence-electron chi connectivity index (χ2n) is 4.57. The molecule has 0 fully saturated rings. The first-order chi connectivity index (χ1) is 9.78. The highest BCUT2D eigenvalue weighted by atomic mass is 35.5. The molecule has 0 aliphatic heterocycles. The minimum Gasteiger partial charge on any atom is -0.394 e. The van der Waals surface area contributed by atoms with E-state index in [-0.39, 0.29) is 12.6 Å². The van der Waals surface area contributed by atoms with Gasteiger partial charge in [0.15, 0.2) is 0 Å². The highest BCUT2D eigenvalue weighted by Gasteiger charge is 2.14. The van der Waals surface area contributed by atoms with Crippen molar-refractivity contribution in [2.75, 3.05) is 11.9 Å². The maximum Gasteiger partial charge on any atom is 0.0759 e. The fraction of sp³-hybridized carbons (Fsp3) is 0.125. The molecule has 2 nitrogen and oxygen atoms in total. The Hall–Kier alpha value is -1.55.